The zero-order valence-corrected chi connectivity index (χ0v) is 17.3. The molecule has 1 aliphatic heterocycles. The number of halogens is 1. The van der Waals surface area contributed by atoms with Crippen LogP contribution in [-0.4, -0.2) is 20.8 Å². The SMILES string of the molecule is O=C1c2c(Cl)cc(-c3cnccn3)cc2CN1Cc1ccc(Oc2ccccc2)cc1. The van der Waals surface area contributed by atoms with Crippen molar-refractivity contribution in [2.24, 2.45) is 0 Å². The average Bonchev–Trinajstić information content (AvgIpc) is 3.12. The Morgan fingerprint density at radius 3 is 2.48 bits per heavy atom. The zero-order valence-electron chi connectivity index (χ0n) is 16.5. The van der Waals surface area contributed by atoms with E-state index in [1.54, 1.807) is 29.6 Å². The molecule has 31 heavy (non-hydrogen) atoms. The minimum absolute atomic E-state index is 0.0599. The summed E-state index contributed by atoms with van der Waals surface area (Å²) in [6.07, 6.45) is 4.95. The third kappa shape index (κ3) is 4.00. The van der Waals surface area contributed by atoms with Crippen molar-refractivity contribution in [1.82, 2.24) is 14.9 Å². The van der Waals surface area contributed by atoms with Gasteiger partial charge in [0.05, 0.1) is 22.5 Å². The maximum atomic E-state index is 13.0. The molecule has 1 aromatic heterocycles. The number of hydrogen-bond acceptors (Lipinski definition) is 4. The molecule has 2 heterocycles. The molecule has 0 fully saturated rings. The zero-order chi connectivity index (χ0) is 21.2. The van der Waals surface area contributed by atoms with Gasteiger partial charge in [0, 0.05) is 31.0 Å². The van der Waals surface area contributed by atoms with E-state index in [1.165, 1.54) is 0 Å². The second-order valence-electron chi connectivity index (χ2n) is 7.30. The molecule has 1 aliphatic rings. The molecule has 0 saturated heterocycles. The molecule has 0 atom stereocenters. The average molecular weight is 428 g/mol. The van der Waals surface area contributed by atoms with Gasteiger partial charge >= 0.3 is 0 Å². The summed E-state index contributed by atoms with van der Waals surface area (Å²) in [6.45, 7) is 1.00. The van der Waals surface area contributed by atoms with Crippen molar-refractivity contribution in [3.05, 3.63) is 107 Å². The summed E-state index contributed by atoms with van der Waals surface area (Å²) in [5.74, 6) is 1.48. The molecule has 0 bridgehead atoms. The van der Waals surface area contributed by atoms with Crippen molar-refractivity contribution in [2.45, 2.75) is 13.1 Å². The first kappa shape index (κ1) is 19.3. The third-order valence-corrected chi connectivity index (χ3v) is 5.47. The fourth-order valence-electron chi connectivity index (χ4n) is 3.70. The first-order chi connectivity index (χ1) is 15.2. The lowest BCUT2D eigenvalue weighted by Crippen LogP contribution is -2.23. The molecule has 3 aromatic carbocycles. The van der Waals surface area contributed by atoms with E-state index in [0.29, 0.717) is 23.7 Å². The van der Waals surface area contributed by atoms with Crippen LogP contribution in [0.2, 0.25) is 5.02 Å². The number of ether oxygens (including phenoxy) is 1. The summed E-state index contributed by atoms with van der Waals surface area (Å²) >= 11 is 6.47. The Morgan fingerprint density at radius 2 is 1.74 bits per heavy atom. The summed E-state index contributed by atoms with van der Waals surface area (Å²) in [4.78, 5) is 23.2. The van der Waals surface area contributed by atoms with Crippen molar-refractivity contribution in [3.63, 3.8) is 0 Å². The Morgan fingerprint density at radius 1 is 0.968 bits per heavy atom. The molecule has 152 valence electrons. The lowest BCUT2D eigenvalue weighted by Gasteiger charge is -2.16. The number of aromatic nitrogens is 2. The largest absolute Gasteiger partial charge is 0.457 e. The summed E-state index contributed by atoms with van der Waals surface area (Å²) in [7, 11) is 0. The van der Waals surface area contributed by atoms with E-state index in [0.717, 1.165) is 33.9 Å². The van der Waals surface area contributed by atoms with Gasteiger partial charge in [-0.15, -0.1) is 0 Å². The molecule has 1 amide bonds. The second-order valence-corrected chi connectivity index (χ2v) is 7.71. The van der Waals surface area contributed by atoms with Gasteiger partial charge in [0.1, 0.15) is 11.5 Å². The molecule has 5 rings (SSSR count). The van der Waals surface area contributed by atoms with Crippen LogP contribution in [0.1, 0.15) is 21.5 Å². The smallest absolute Gasteiger partial charge is 0.256 e. The lowest BCUT2D eigenvalue weighted by atomic mass is 10.0. The number of carbonyl (C=O) groups is 1. The van der Waals surface area contributed by atoms with Gasteiger partial charge in [-0.05, 0) is 47.5 Å². The first-order valence-electron chi connectivity index (χ1n) is 9.87. The second kappa shape index (κ2) is 8.20. The van der Waals surface area contributed by atoms with Crippen molar-refractivity contribution in [3.8, 4) is 22.8 Å². The first-order valence-corrected chi connectivity index (χ1v) is 10.2. The molecule has 4 aromatic rings. The Kier molecular flexibility index (Phi) is 5.10. The van der Waals surface area contributed by atoms with E-state index in [1.807, 2.05) is 60.7 Å². The van der Waals surface area contributed by atoms with Crippen LogP contribution in [0.25, 0.3) is 11.3 Å². The summed E-state index contributed by atoms with van der Waals surface area (Å²) in [5.41, 5.74) is 4.08. The van der Waals surface area contributed by atoms with Crippen LogP contribution in [0.4, 0.5) is 0 Å². The van der Waals surface area contributed by atoms with Crippen LogP contribution in [-0.2, 0) is 13.1 Å². The molecule has 0 saturated carbocycles. The van der Waals surface area contributed by atoms with Gasteiger partial charge in [0.15, 0.2) is 0 Å². The molecule has 0 unspecified atom stereocenters. The van der Waals surface area contributed by atoms with Gasteiger partial charge in [-0.2, -0.15) is 0 Å². The van der Waals surface area contributed by atoms with Crippen LogP contribution in [0.5, 0.6) is 11.5 Å². The topological polar surface area (TPSA) is 55.3 Å². The van der Waals surface area contributed by atoms with Gasteiger partial charge in [0.2, 0.25) is 0 Å². The highest BCUT2D eigenvalue weighted by Gasteiger charge is 2.30. The van der Waals surface area contributed by atoms with E-state index in [4.69, 9.17) is 16.3 Å². The van der Waals surface area contributed by atoms with Crippen LogP contribution in [0.3, 0.4) is 0 Å². The van der Waals surface area contributed by atoms with E-state index < -0.39 is 0 Å². The number of benzene rings is 3. The van der Waals surface area contributed by atoms with E-state index in [9.17, 15) is 4.79 Å². The van der Waals surface area contributed by atoms with Crippen molar-refractivity contribution in [1.29, 1.82) is 0 Å². The Labute approximate surface area is 184 Å². The van der Waals surface area contributed by atoms with E-state index >= 15 is 0 Å². The van der Waals surface area contributed by atoms with Crippen LogP contribution < -0.4 is 4.74 Å². The lowest BCUT2D eigenvalue weighted by molar-refractivity contribution is 0.0767. The Hall–Kier alpha value is -3.70. The molecule has 0 radical (unpaired) electrons. The summed E-state index contributed by atoms with van der Waals surface area (Å²) in [5, 5.41) is 0.442. The summed E-state index contributed by atoms with van der Waals surface area (Å²) < 4.78 is 5.84. The van der Waals surface area contributed by atoms with Crippen molar-refractivity contribution in [2.75, 3.05) is 0 Å². The fourth-order valence-corrected chi connectivity index (χ4v) is 4.01. The number of hydrogen-bond donors (Lipinski definition) is 0. The predicted octanol–water partition coefficient (Wildman–Crippen LogP) is 5.75. The fraction of sp³-hybridized carbons (Fsp3) is 0.0800. The Bertz CT molecular complexity index is 1230. The number of nitrogens with zero attached hydrogens (tertiary/aromatic N) is 3. The van der Waals surface area contributed by atoms with E-state index in [2.05, 4.69) is 9.97 Å². The van der Waals surface area contributed by atoms with Gasteiger partial charge in [0.25, 0.3) is 5.91 Å². The maximum Gasteiger partial charge on any atom is 0.256 e. The predicted molar refractivity (Wildman–Crippen MR) is 119 cm³/mol. The molecule has 0 spiro atoms. The molecule has 6 heteroatoms. The minimum atomic E-state index is -0.0599. The van der Waals surface area contributed by atoms with Gasteiger partial charge in [-0.25, -0.2) is 0 Å². The molecule has 0 aliphatic carbocycles. The number of amides is 1. The van der Waals surface area contributed by atoms with Crippen LogP contribution >= 0.6 is 11.6 Å². The molecular weight excluding hydrogens is 410 g/mol. The van der Waals surface area contributed by atoms with Crippen molar-refractivity contribution < 1.29 is 9.53 Å². The molecule has 0 N–H and O–H groups in total. The maximum absolute atomic E-state index is 13.0. The van der Waals surface area contributed by atoms with Gasteiger partial charge in [-0.1, -0.05) is 41.9 Å². The molecule has 5 nitrogen and oxygen atoms in total. The quantitative estimate of drug-likeness (QED) is 0.407. The minimum Gasteiger partial charge on any atom is -0.457 e. The van der Waals surface area contributed by atoms with E-state index in [-0.39, 0.29) is 5.91 Å². The van der Waals surface area contributed by atoms with Gasteiger partial charge in [-0.3, -0.25) is 14.8 Å². The number of rotatable bonds is 5. The normalized spacial score (nSPS) is 12.7. The van der Waals surface area contributed by atoms with Crippen LogP contribution in [0.15, 0.2) is 85.3 Å². The number of carbonyl (C=O) groups excluding carboxylic acids is 1. The highest BCUT2D eigenvalue weighted by molar-refractivity contribution is 6.34. The van der Waals surface area contributed by atoms with Gasteiger partial charge < -0.3 is 9.64 Å². The highest BCUT2D eigenvalue weighted by Crippen LogP contribution is 2.34. The summed E-state index contributed by atoms with van der Waals surface area (Å²) in [6, 6.07) is 21.2. The van der Waals surface area contributed by atoms with Crippen LogP contribution in [0, 0.1) is 0 Å². The van der Waals surface area contributed by atoms with Crippen molar-refractivity contribution >= 4 is 17.5 Å². The number of para-hydroxylation sites is 1. The highest BCUT2D eigenvalue weighted by atomic mass is 35.5. The standard InChI is InChI=1S/C25H18ClN3O2/c26-22-13-18(23-14-27-10-11-28-23)12-19-16-29(25(30)24(19)22)15-17-6-8-21(9-7-17)31-20-4-2-1-3-5-20/h1-14H,15-16H2. The molecular formula is C25H18ClN3O2. The Balaban J connectivity index is 1.32. The number of fused-ring (bicyclic) bond motifs is 1. The monoisotopic (exact) mass is 427 g/mol. The third-order valence-electron chi connectivity index (χ3n) is 5.17.